The first-order valence-electron chi connectivity index (χ1n) is 11.7. The monoisotopic (exact) mass is 502 g/mol. The Labute approximate surface area is 212 Å². The molecule has 4 aromatic rings. The molecule has 0 radical (unpaired) electrons. The zero-order chi connectivity index (χ0) is 26.2. The second kappa shape index (κ2) is 9.47. The van der Waals surface area contributed by atoms with E-state index in [9.17, 15) is 9.18 Å². The lowest BCUT2D eigenvalue weighted by Crippen LogP contribution is -2.32. The van der Waals surface area contributed by atoms with Crippen LogP contribution < -0.4 is 22.2 Å². The molecule has 0 fully saturated rings. The fraction of sp³-hybridized carbons (Fsp3) is 0.240. The van der Waals surface area contributed by atoms with Gasteiger partial charge in [0.25, 0.3) is 0 Å². The molecule has 5 rings (SSSR count). The van der Waals surface area contributed by atoms with E-state index in [0.717, 1.165) is 0 Å². The number of rotatable bonds is 8. The summed E-state index contributed by atoms with van der Waals surface area (Å²) in [4.78, 5) is 26.7. The molecular weight excluding hydrogens is 475 g/mol. The lowest BCUT2D eigenvalue weighted by molar-refractivity contribution is -0.119. The van der Waals surface area contributed by atoms with E-state index in [0.29, 0.717) is 58.4 Å². The number of nitrogens with two attached hydrogens (primary N) is 2. The van der Waals surface area contributed by atoms with Crippen molar-refractivity contribution in [3.05, 3.63) is 71.9 Å². The van der Waals surface area contributed by atoms with Crippen LogP contribution in [0.4, 0.5) is 16.0 Å². The van der Waals surface area contributed by atoms with Crippen molar-refractivity contribution < 1.29 is 9.18 Å². The van der Waals surface area contributed by atoms with Crippen LogP contribution in [-0.2, 0) is 16.8 Å². The van der Waals surface area contributed by atoms with Crippen LogP contribution in [0.1, 0.15) is 25.0 Å². The summed E-state index contributed by atoms with van der Waals surface area (Å²) < 4.78 is 16.0. The van der Waals surface area contributed by atoms with Gasteiger partial charge < -0.3 is 21.4 Å². The Balaban J connectivity index is 1.59. The molecule has 1 aliphatic heterocycles. The number of hydrogen-bond donors (Lipinski definition) is 4. The van der Waals surface area contributed by atoms with Crippen molar-refractivity contribution in [2.24, 2.45) is 11.6 Å². The van der Waals surface area contributed by atoms with Crippen molar-refractivity contribution in [1.82, 2.24) is 29.7 Å². The number of nitrogens with zero attached hydrogens (tertiary/aromatic N) is 6. The van der Waals surface area contributed by atoms with E-state index in [4.69, 9.17) is 21.7 Å². The number of nitrogens with one attached hydrogen (secondary N) is 2. The van der Waals surface area contributed by atoms with E-state index in [1.807, 2.05) is 19.9 Å². The summed E-state index contributed by atoms with van der Waals surface area (Å²) in [6.07, 6.45) is 4.55. The number of amides is 1. The van der Waals surface area contributed by atoms with Crippen molar-refractivity contribution in [3.63, 3.8) is 0 Å². The van der Waals surface area contributed by atoms with E-state index >= 15 is 0 Å². The Morgan fingerprint density at radius 2 is 2.03 bits per heavy atom. The van der Waals surface area contributed by atoms with Gasteiger partial charge in [0, 0.05) is 30.7 Å². The zero-order valence-corrected chi connectivity index (χ0v) is 20.4. The van der Waals surface area contributed by atoms with Gasteiger partial charge >= 0.3 is 0 Å². The molecule has 4 heterocycles. The highest BCUT2D eigenvalue weighted by Gasteiger charge is 2.43. The van der Waals surface area contributed by atoms with Gasteiger partial charge in [-0.25, -0.2) is 29.9 Å². The van der Waals surface area contributed by atoms with Gasteiger partial charge in [0.2, 0.25) is 5.91 Å². The minimum absolute atomic E-state index is 0.180. The highest BCUT2D eigenvalue weighted by molar-refractivity contribution is 6.06. The third kappa shape index (κ3) is 4.42. The van der Waals surface area contributed by atoms with Crippen LogP contribution in [0.5, 0.6) is 0 Å². The van der Waals surface area contributed by atoms with Crippen LogP contribution in [0.2, 0.25) is 0 Å². The Hall–Kier alpha value is -4.58. The molecule has 0 saturated heterocycles. The molecule has 1 amide bonds. The molecule has 0 bridgehead atoms. The third-order valence-electron chi connectivity index (χ3n) is 6.27. The Bertz CT molecular complexity index is 1510. The van der Waals surface area contributed by atoms with E-state index in [-0.39, 0.29) is 18.3 Å². The summed E-state index contributed by atoms with van der Waals surface area (Å²) in [5, 5.41) is 13.0. The average Bonchev–Trinajstić information content (AvgIpc) is 3.34. The summed E-state index contributed by atoms with van der Waals surface area (Å²) in [5.41, 5.74) is 6.73. The second-order valence-electron chi connectivity index (χ2n) is 9.18. The number of hydrazine groups is 1. The summed E-state index contributed by atoms with van der Waals surface area (Å²) >= 11 is 0. The third-order valence-corrected chi connectivity index (χ3v) is 6.27. The predicted molar refractivity (Wildman–Crippen MR) is 138 cm³/mol. The van der Waals surface area contributed by atoms with E-state index in [1.54, 1.807) is 41.3 Å². The van der Waals surface area contributed by atoms with Crippen LogP contribution in [0, 0.1) is 5.82 Å². The maximum Gasteiger partial charge on any atom is 0.235 e. The van der Waals surface area contributed by atoms with Gasteiger partial charge in [-0.2, -0.15) is 5.10 Å². The second-order valence-corrected chi connectivity index (χ2v) is 9.18. The van der Waals surface area contributed by atoms with Gasteiger partial charge in [0.05, 0.1) is 29.5 Å². The Morgan fingerprint density at radius 3 is 2.81 bits per heavy atom. The number of aromatic nitrogens is 5. The van der Waals surface area contributed by atoms with E-state index in [1.165, 1.54) is 17.3 Å². The van der Waals surface area contributed by atoms with Crippen LogP contribution in [0.25, 0.3) is 22.6 Å². The molecule has 3 aromatic heterocycles. The number of hydrogen-bond acceptors (Lipinski definition) is 9. The lowest BCUT2D eigenvalue weighted by atomic mass is 9.87. The van der Waals surface area contributed by atoms with Crippen molar-refractivity contribution in [2.75, 3.05) is 23.7 Å². The molecule has 12 heteroatoms. The minimum Gasteiger partial charge on any atom is -0.403 e. The molecule has 11 nitrogen and oxygen atoms in total. The molecule has 1 aliphatic rings. The van der Waals surface area contributed by atoms with Crippen molar-refractivity contribution in [3.8, 4) is 11.5 Å². The van der Waals surface area contributed by atoms with Gasteiger partial charge in [-0.15, -0.1) is 0 Å². The van der Waals surface area contributed by atoms with Crippen molar-refractivity contribution in [1.29, 1.82) is 0 Å². The molecule has 6 N–H and O–H groups in total. The maximum absolute atomic E-state index is 14.4. The number of carbonyl (C=O) groups is 1. The fourth-order valence-electron chi connectivity index (χ4n) is 4.32. The van der Waals surface area contributed by atoms with Gasteiger partial charge in [0.15, 0.2) is 11.5 Å². The SMILES string of the molecule is CC1(C)C(=O)Nc2nc(-c3nn(Cc4ccccc4F)c4ncccc34)nc(NCCN(N)/C=C\N)c21. The highest BCUT2D eigenvalue weighted by Crippen LogP contribution is 2.41. The topological polar surface area (TPSA) is 153 Å². The number of anilines is 2. The zero-order valence-electron chi connectivity index (χ0n) is 20.4. The summed E-state index contributed by atoms with van der Waals surface area (Å²) in [6, 6.07) is 10.2. The van der Waals surface area contributed by atoms with Crippen molar-refractivity contribution >= 4 is 28.6 Å². The van der Waals surface area contributed by atoms with Gasteiger partial charge in [0.1, 0.15) is 23.1 Å². The minimum atomic E-state index is -0.844. The first-order valence-corrected chi connectivity index (χ1v) is 11.7. The molecule has 1 aromatic carbocycles. The normalized spacial score (nSPS) is 14.2. The van der Waals surface area contributed by atoms with E-state index in [2.05, 4.69) is 20.6 Å². The fourth-order valence-corrected chi connectivity index (χ4v) is 4.32. The maximum atomic E-state index is 14.4. The number of carbonyl (C=O) groups excluding carboxylic acids is 1. The quantitative estimate of drug-likeness (QED) is 0.210. The Morgan fingerprint density at radius 1 is 1.22 bits per heavy atom. The first-order chi connectivity index (χ1) is 17.8. The smallest absolute Gasteiger partial charge is 0.235 e. The number of benzene rings is 1. The van der Waals surface area contributed by atoms with Crippen LogP contribution in [-0.4, -0.2) is 48.7 Å². The summed E-state index contributed by atoms with van der Waals surface area (Å²) in [7, 11) is 0. The number of halogens is 1. The largest absolute Gasteiger partial charge is 0.403 e. The summed E-state index contributed by atoms with van der Waals surface area (Å²) in [6.45, 7) is 4.68. The van der Waals surface area contributed by atoms with Crippen LogP contribution in [0.15, 0.2) is 55.0 Å². The highest BCUT2D eigenvalue weighted by atomic mass is 19.1. The van der Waals surface area contributed by atoms with Crippen LogP contribution >= 0.6 is 0 Å². The molecule has 0 spiro atoms. The number of fused-ring (bicyclic) bond motifs is 2. The Kier molecular flexibility index (Phi) is 6.17. The molecule has 0 unspecified atom stereocenters. The lowest BCUT2D eigenvalue weighted by Gasteiger charge is -2.20. The standard InChI is InChI=1S/C25H27FN10O/c1-25(2)18-20(29-11-13-35(28)12-9-27)31-22(32-21(18)33-24(25)37)19-16-7-5-10-30-23(16)36(34-19)14-15-6-3-4-8-17(15)26/h3-10,12H,11,13-14,27-28H2,1-2H3,(H2,29,31,32,33,37)/b12-9-. The van der Waals surface area contributed by atoms with Gasteiger partial charge in [-0.1, -0.05) is 18.2 Å². The molecule has 0 atom stereocenters. The first kappa shape index (κ1) is 24.1. The summed E-state index contributed by atoms with van der Waals surface area (Å²) in [5.74, 6) is 6.58. The van der Waals surface area contributed by atoms with Crippen molar-refractivity contribution in [2.45, 2.75) is 25.8 Å². The molecular formula is C25H27FN10O. The van der Waals surface area contributed by atoms with Gasteiger partial charge in [-0.05, 0) is 32.0 Å². The predicted octanol–water partition coefficient (Wildman–Crippen LogP) is 2.32. The molecule has 190 valence electrons. The van der Waals surface area contributed by atoms with Gasteiger partial charge in [-0.3, -0.25) is 4.79 Å². The van der Waals surface area contributed by atoms with Crippen LogP contribution in [0.3, 0.4) is 0 Å². The number of pyridine rings is 1. The molecule has 0 saturated carbocycles. The molecule has 0 aliphatic carbocycles. The van der Waals surface area contributed by atoms with E-state index < -0.39 is 5.41 Å². The average molecular weight is 503 g/mol. The molecule has 37 heavy (non-hydrogen) atoms.